The predicted octanol–water partition coefficient (Wildman–Crippen LogP) is 4.14. The zero-order valence-corrected chi connectivity index (χ0v) is 15.7. The van der Waals surface area contributed by atoms with Gasteiger partial charge in [-0.05, 0) is 49.2 Å². The van der Waals surface area contributed by atoms with E-state index >= 15 is 0 Å². The standard InChI is InChI=1S/C22H24N4O/c1-17(2)26(16-19-6-4-3-5-7-19)22(27)20-10-13-24-21(14-20)25-15-18-8-11-23-12-9-18/h3-14,17H,15-16H2,1-2H3,(H,24,25). The molecule has 0 aliphatic rings. The molecule has 0 atom stereocenters. The van der Waals surface area contributed by atoms with Crippen molar-refractivity contribution < 1.29 is 4.79 Å². The van der Waals surface area contributed by atoms with E-state index in [2.05, 4.69) is 15.3 Å². The van der Waals surface area contributed by atoms with Crippen LogP contribution in [-0.4, -0.2) is 26.8 Å². The van der Waals surface area contributed by atoms with Crippen LogP contribution in [0.2, 0.25) is 0 Å². The SMILES string of the molecule is CC(C)N(Cc1ccccc1)C(=O)c1ccnc(NCc2ccncc2)c1. The number of amides is 1. The molecule has 0 fully saturated rings. The van der Waals surface area contributed by atoms with Crippen LogP contribution in [0.3, 0.4) is 0 Å². The lowest BCUT2D eigenvalue weighted by Gasteiger charge is -2.27. The average Bonchev–Trinajstić information content (AvgIpc) is 2.71. The summed E-state index contributed by atoms with van der Waals surface area (Å²) in [6.45, 7) is 5.28. The number of anilines is 1. The van der Waals surface area contributed by atoms with Crippen LogP contribution in [0.1, 0.15) is 35.3 Å². The molecule has 1 aromatic carbocycles. The van der Waals surface area contributed by atoms with Gasteiger partial charge in [0.05, 0.1) is 0 Å². The highest BCUT2D eigenvalue weighted by Crippen LogP contribution is 2.16. The number of pyridine rings is 2. The van der Waals surface area contributed by atoms with Crippen molar-refractivity contribution in [2.75, 3.05) is 5.32 Å². The smallest absolute Gasteiger partial charge is 0.254 e. The summed E-state index contributed by atoms with van der Waals surface area (Å²) in [6, 6.07) is 17.6. The summed E-state index contributed by atoms with van der Waals surface area (Å²) in [5.74, 6) is 0.685. The highest BCUT2D eigenvalue weighted by Gasteiger charge is 2.19. The van der Waals surface area contributed by atoms with E-state index in [0.717, 1.165) is 11.1 Å². The molecule has 0 unspecified atom stereocenters. The summed E-state index contributed by atoms with van der Waals surface area (Å²) in [7, 11) is 0. The lowest BCUT2D eigenvalue weighted by molar-refractivity contribution is 0.0690. The predicted molar refractivity (Wildman–Crippen MR) is 107 cm³/mol. The van der Waals surface area contributed by atoms with Crippen LogP contribution in [0.25, 0.3) is 0 Å². The molecule has 138 valence electrons. The van der Waals surface area contributed by atoms with Crippen LogP contribution in [0, 0.1) is 0 Å². The largest absolute Gasteiger partial charge is 0.366 e. The second-order valence-electron chi connectivity index (χ2n) is 6.65. The molecule has 0 aliphatic carbocycles. The number of aromatic nitrogens is 2. The fourth-order valence-electron chi connectivity index (χ4n) is 2.79. The van der Waals surface area contributed by atoms with Gasteiger partial charge in [0, 0.05) is 43.3 Å². The fraction of sp³-hybridized carbons (Fsp3) is 0.227. The number of carbonyl (C=O) groups excluding carboxylic acids is 1. The number of rotatable bonds is 7. The Morgan fingerprint density at radius 2 is 1.74 bits per heavy atom. The first-order valence-corrected chi connectivity index (χ1v) is 9.07. The Balaban J connectivity index is 1.72. The second kappa shape index (κ2) is 8.94. The normalized spacial score (nSPS) is 10.6. The van der Waals surface area contributed by atoms with E-state index < -0.39 is 0 Å². The molecule has 0 bridgehead atoms. The molecule has 0 saturated carbocycles. The first-order chi connectivity index (χ1) is 13.1. The van der Waals surface area contributed by atoms with Gasteiger partial charge in [0.2, 0.25) is 0 Å². The molecule has 2 aromatic heterocycles. The third-order valence-electron chi connectivity index (χ3n) is 4.31. The van der Waals surface area contributed by atoms with Crippen LogP contribution >= 0.6 is 0 Å². The van der Waals surface area contributed by atoms with Gasteiger partial charge in [0.1, 0.15) is 5.82 Å². The highest BCUT2D eigenvalue weighted by molar-refractivity contribution is 5.95. The van der Waals surface area contributed by atoms with Gasteiger partial charge >= 0.3 is 0 Å². The van der Waals surface area contributed by atoms with Crippen molar-refractivity contribution in [2.45, 2.75) is 33.0 Å². The zero-order chi connectivity index (χ0) is 19.1. The quantitative estimate of drug-likeness (QED) is 0.688. The molecule has 0 radical (unpaired) electrons. The van der Waals surface area contributed by atoms with Gasteiger partial charge in [-0.3, -0.25) is 9.78 Å². The maximum absolute atomic E-state index is 13.1. The van der Waals surface area contributed by atoms with Gasteiger partial charge in [0.25, 0.3) is 5.91 Å². The van der Waals surface area contributed by atoms with Crippen LogP contribution in [0.5, 0.6) is 0 Å². The van der Waals surface area contributed by atoms with E-state index in [0.29, 0.717) is 24.5 Å². The minimum absolute atomic E-state index is 0.00298. The summed E-state index contributed by atoms with van der Waals surface area (Å²) >= 11 is 0. The van der Waals surface area contributed by atoms with E-state index in [1.165, 1.54) is 0 Å². The minimum atomic E-state index is 0.00298. The van der Waals surface area contributed by atoms with Crippen LogP contribution < -0.4 is 5.32 Å². The maximum Gasteiger partial charge on any atom is 0.254 e. The molecular formula is C22H24N4O. The van der Waals surface area contributed by atoms with Gasteiger partial charge < -0.3 is 10.2 Å². The van der Waals surface area contributed by atoms with Gasteiger partial charge in [-0.1, -0.05) is 30.3 Å². The van der Waals surface area contributed by atoms with Crippen LogP contribution in [0.15, 0.2) is 73.2 Å². The zero-order valence-electron chi connectivity index (χ0n) is 15.7. The van der Waals surface area contributed by atoms with E-state index in [4.69, 9.17) is 0 Å². The number of carbonyl (C=O) groups is 1. The van der Waals surface area contributed by atoms with Crippen molar-refractivity contribution in [1.29, 1.82) is 0 Å². The molecule has 0 spiro atoms. The Bertz CT molecular complexity index is 866. The van der Waals surface area contributed by atoms with Crippen molar-refractivity contribution >= 4 is 11.7 Å². The molecule has 0 aliphatic heterocycles. The summed E-state index contributed by atoms with van der Waals surface area (Å²) < 4.78 is 0. The Hall–Kier alpha value is -3.21. The van der Waals surface area contributed by atoms with Crippen molar-refractivity contribution in [1.82, 2.24) is 14.9 Å². The van der Waals surface area contributed by atoms with Crippen molar-refractivity contribution in [2.24, 2.45) is 0 Å². The minimum Gasteiger partial charge on any atom is -0.366 e. The lowest BCUT2D eigenvalue weighted by Crippen LogP contribution is -2.36. The number of nitrogens with zero attached hydrogens (tertiary/aromatic N) is 3. The number of hydrogen-bond donors (Lipinski definition) is 1. The Labute approximate surface area is 160 Å². The topological polar surface area (TPSA) is 58.1 Å². The van der Waals surface area contributed by atoms with Gasteiger partial charge in [-0.2, -0.15) is 0 Å². The van der Waals surface area contributed by atoms with E-state index in [1.54, 1.807) is 24.7 Å². The van der Waals surface area contributed by atoms with Gasteiger partial charge in [0.15, 0.2) is 0 Å². The molecule has 3 aromatic rings. The van der Waals surface area contributed by atoms with Crippen molar-refractivity contribution in [3.05, 3.63) is 89.9 Å². The highest BCUT2D eigenvalue weighted by atomic mass is 16.2. The first kappa shape index (κ1) is 18.6. The third kappa shape index (κ3) is 5.14. The van der Waals surface area contributed by atoms with E-state index in [1.807, 2.05) is 67.3 Å². The molecule has 5 heteroatoms. The molecule has 0 saturated heterocycles. The van der Waals surface area contributed by atoms with Crippen LogP contribution in [0.4, 0.5) is 5.82 Å². The summed E-state index contributed by atoms with van der Waals surface area (Å²) in [4.78, 5) is 23.3. The van der Waals surface area contributed by atoms with Crippen molar-refractivity contribution in [3.63, 3.8) is 0 Å². The maximum atomic E-state index is 13.1. The summed E-state index contributed by atoms with van der Waals surface area (Å²) in [5.41, 5.74) is 2.85. The molecule has 1 amide bonds. The third-order valence-corrected chi connectivity index (χ3v) is 4.31. The van der Waals surface area contributed by atoms with Crippen LogP contribution in [-0.2, 0) is 13.1 Å². The molecule has 3 rings (SSSR count). The van der Waals surface area contributed by atoms with E-state index in [9.17, 15) is 4.79 Å². The average molecular weight is 360 g/mol. The Morgan fingerprint density at radius 3 is 2.44 bits per heavy atom. The lowest BCUT2D eigenvalue weighted by atomic mass is 10.1. The summed E-state index contributed by atoms with van der Waals surface area (Å²) in [6.07, 6.45) is 5.19. The fourth-order valence-corrected chi connectivity index (χ4v) is 2.79. The molecule has 2 heterocycles. The van der Waals surface area contributed by atoms with Gasteiger partial charge in [-0.15, -0.1) is 0 Å². The molecular weight excluding hydrogens is 336 g/mol. The van der Waals surface area contributed by atoms with E-state index in [-0.39, 0.29) is 11.9 Å². The summed E-state index contributed by atoms with van der Waals surface area (Å²) in [5, 5.41) is 3.26. The molecule has 5 nitrogen and oxygen atoms in total. The molecule has 27 heavy (non-hydrogen) atoms. The number of benzene rings is 1. The number of hydrogen-bond acceptors (Lipinski definition) is 4. The number of nitrogens with one attached hydrogen (secondary N) is 1. The second-order valence-corrected chi connectivity index (χ2v) is 6.65. The Kier molecular flexibility index (Phi) is 6.15. The Morgan fingerprint density at radius 1 is 1.00 bits per heavy atom. The molecule has 1 N–H and O–H groups in total. The van der Waals surface area contributed by atoms with Crippen molar-refractivity contribution in [3.8, 4) is 0 Å². The van der Waals surface area contributed by atoms with Gasteiger partial charge in [-0.25, -0.2) is 4.98 Å². The monoisotopic (exact) mass is 360 g/mol. The first-order valence-electron chi connectivity index (χ1n) is 9.07.